The van der Waals surface area contributed by atoms with Gasteiger partial charge in [-0.15, -0.1) is 0 Å². The molecule has 10 heteroatoms. The van der Waals surface area contributed by atoms with Gasteiger partial charge in [-0.3, -0.25) is 4.79 Å². The molecule has 0 spiro atoms. The zero-order valence-corrected chi connectivity index (χ0v) is 16.7. The SMILES string of the molecule is CCOC(=O)c1c[nH]c2c(=O)[nH]c3ccc(S(=O)(=O)NC4CCNCC4)cc3c12. The molecule has 0 bridgehead atoms. The molecule has 3 heterocycles. The highest BCUT2D eigenvalue weighted by Gasteiger charge is 2.24. The van der Waals surface area contributed by atoms with Crippen molar-refractivity contribution in [3.63, 3.8) is 0 Å². The number of aromatic amines is 2. The Labute approximate surface area is 166 Å². The van der Waals surface area contributed by atoms with E-state index in [9.17, 15) is 18.0 Å². The molecule has 154 valence electrons. The molecule has 1 aliphatic rings. The Morgan fingerprint density at radius 2 is 2.03 bits per heavy atom. The third-order valence-corrected chi connectivity index (χ3v) is 6.60. The van der Waals surface area contributed by atoms with E-state index in [0.717, 1.165) is 25.9 Å². The number of benzene rings is 1. The number of sulfonamides is 1. The fourth-order valence-electron chi connectivity index (χ4n) is 3.67. The van der Waals surface area contributed by atoms with Gasteiger partial charge in [-0.05, 0) is 51.1 Å². The summed E-state index contributed by atoms with van der Waals surface area (Å²) in [4.78, 5) is 30.3. The summed E-state index contributed by atoms with van der Waals surface area (Å²) in [6.45, 7) is 3.40. The van der Waals surface area contributed by atoms with E-state index in [0.29, 0.717) is 16.3 Å². The number of hydrogen-bond acceptors (Lipinski definition) is 6. The fraction of sp³-hybridized carbons (Fsp3) is 0.368. The Morgan fingerprint density at radius 1 is 1.28 bits per heavy atom. The molecule has 0 aliphatic carbocycles. The van der Waals surface area contributed by atoms with E-state index in [1.807, 2.05) is 0 Å². The molecule has 0 unspecified atom stereocenters. The minimum absolute atomic E-state index is 0.0768. The zero-order valence-electron chi connectivity index (χ0n) is 15.9. The lowest BCUT2D eigenvalue weighted by Crippen LogP contribution is -2.42. The van der Waals surface area contributed by atoms with Gasteiger partial charge in [0.25, 0.3) is 5.56 Å². The van der Waals surface area contributed by atoms with Crippen molar-refractivity contribution in [1.82, 2.24) is 20.0 Å². The average molecular weight is 418 g/mol. The van der Waals surface area contributed by atoms with Crippen LogP contribution in [0.1, 0.15) is 30.1 Å². The topological polar surface area (TPSA) is 133 Å². The lowest BCUT2D eigenvalue weighted by Gasteiger charge is -2.23. The average Bonchev–Trinajstić information content (AvgIpc) is 3.15. The van der Waals surface area contributed by atoms with Gasteiger partial charge in [-0.25, -0.2) is 17.9 Å². The summed E-state index contributed by atoms with van der Waals surface area (Å²) >= 11 is 0. The molecule has 0 atom stereocenters. The normalized spacial score (nSPS) is 15.8. The molecule has 9 nitrogen and oxygen atoms in total. The number of fused-ring (bicyclic) bond motifs is 3. The first kappa shape index (κ1) is 19.6. The molecule has 1 fully saturated rings. The number of carbonyl (C=O) groups excluding carboxylic acids is 1. The summed E-state index contributed by atoms with van der Waals surface area (Å²) in [7, 11) is -3.75. The minimum Gasteiger partial charge on any atom is -0.462 e. The van der Waals surface area contributed by atoms with Crippen LogP contribution in [0.15, 0.2) is 34.1 Å². The molecule has 29 heavy (non-hydrogen) atoms. The van der Waals surface area contributed by atoms with Gasteiger partial charge < -0.3 is 20.0 Å². The molecule has 2 aromatic heterocycles. The van der Waals surface area contributed by atoms with Crippen LogP contribution in [0.2, 0.25) is 0 Å². The maximum absolute atomic E-state index is 12.9. The molecular weight excluding hydrogens is 396 g/mol. The van der Waals surface area contributed by atoms with Crippen molar-refractivity contribution in [2.45, 2.75) is 30.7 Å². The summed E-state index contributed by atoms with van der Waals surface area (Å²) in [5, 5.41) is 4.00. The Kier molecular flexibility index (Phi) is 5.15. The second-order valence-corrected chi connectivity index (χ2v) is 8.69. The maximum Gasteiger partial charge on any atom is 0.340 e. The Morgan fingerprint density at radius 3 is 2.76 bits per heavy atom. The van der Waals surface area contributed by atoms with Crippen LogP contribution in [0.3, 0.4) is 0 Å². The molecule has 1 aliphatic heterocycles. The summed E-state index contributed by atoms with van der Waals surface area (Å²) in [5.41, 5.74) is 0.431. The number of H-pyrrole nitrogens is 2. The van der Waals surface area contributed by atoms with Crippen LogP contribution >= 0.6 is 0 Å². The number of hydrogen-bond donors (Lipinski definition) is 4. The van der Waals surface area contributed by atoms with Crippen molar-refractivity contribution in [3.8, 4) is 0 Å². The van der Waals surface area contributed by atoms with E-state index >= 15 is 0 Å². The lowest BCUT2D eigenvalue weighted by molar-refractivity contribution is 0.0529. The van der Waals surface area contributed by atoms with Gasteiger partial charge in [0, 0.05) is 28.5 Å². The first-order valence-electron chi connectivity index (χ1n) is 9.48. The highest BCUT2D eigenvalue weighted by Crippen LogP contribution is 2.27. The number of aromatic nitrogens is 2. The number of esters is 1. The van der Waals surface area contributed by atoms with E-state index in [1.165, 1.54) is 24.4 Å². The third-order valence-electron chi connectivity index (χ3n) is 5.08. The van der Waals surface area contributed by atoms with Crippen LogP contribution in [-0.4, -0.2) is 50.1 Å². The number of piperidine rings is 1. The first-order valence-corrected chi connectivity index (χ1v) is 11.0. The van der Waals surface area contributed by atoms with E-state index in [-0.39, 0.29) is 28.6 Å². The van der Waals surface area contributed by atoms with Gasteiger partial charge >= 0.3 is 5.97 Å². The summed E-state index contributed by atoms with van der Waals surface area (Å²) in [5.74, 6) is -0.577. The maximum atomic E-state index is 12.9. The predicted octanol–water partition coefficient (Wildman–Crippen LogP) is 1.22. The van der Waals surface area contributed by atoms with E-state index in [2.05, 4.69) is 20.0 Å². The fourth-order valence-corrected chi connectivity index (χ4v) is 5.00. The van der Waals surface area contributed by atoms with E-state index in [4.69, 9.17) is 4.74 Å². The quantitative estimate of drug-likeness (QED) is 0.461. The zero-order chi connectivity index (χ0) is 20.6. The van der Waals surface area contributed by atoms with Gasteiger partial charge in [0.15, 0.2) is 0 Å². The highest BCUT2D eigenvalue weighted by molar-refractivity contribution is 7.89. The van der Waals surface area contributed by atoms with Gasteiger partial charge in [0.05, 0.1) is 17.1 Å². The minimum atomic E-state index is -3.75. The van der Waals surface area contributed by atoms with Crippen LogP contribution in [-0.2, 0) is 14.8 Å². The van der Waals surface area contributed by atoms with Crippen molar-refractivity contribution in [1.29, 1.82) is 0 Å². The molecule has 0 amide bonds. The first-order chi connectivity index (χ1) is 13.9. The molecule has 1 saturated heterocycles. The van der Waals surface area contributed by atoms with Crippen molar-refractivity contribution in [2.24, 2.45) is 0 Å². The number of carbonyl (C=O) groups is 1. The Balaban J connectivity index is 1.85. The number of ether oxygens (including phenoxy) is 1. The summed E-state index contributed by atoms with van der Waals surface area (Å²) < 4.78 is 33.6. The second kappa shape index (κ2) is 7.62. The smallest absolute Gasteiger partial charge is 0.340 e. The van der Waals surface area contributed by atoms with Crippen molar-refractivity contribution < 1.29 is 17.9 Å². The highest BCUT2D eigenvalue weighted by atomic mass is 32.2. The molecule has 4 rings (SSSR count). The standard InChI is InChI=1S/C19H22N4O5S/c1-2-28-19(25)14-10-21-17-16(14)13-9-12(3-4-15(13)22-18(17)24)29(26,27)23-11-5-7-20-8-6-11/h3-4,9-11,20-21,23H,2,5-8H2,1H3,(H,22,24). The molecule has 4 N–H and O–H groups in total. The molecular formula is C19H22N4O5S. The molecule has 1 aromatic carbocycles. The number of nitrogens with one attached hydrogen (secondary N) is 4. The number of rotatable bonds is 5. The van der Waals surface area contributed by atoms with Crippen LogP contribution < -0.4 is 15.6 Å². The van der Waals surface area contributed by atoms with Crippen molar-refractivity contribution >= 4 is 37.8 Å². The Hall–Kier alpha value is -2.69. The second-order valence-electron chi connectivity index (χ2n) is 6.98. The largest absolute Gasteiger partial charge is 0.462 e. The van der Waals surface area contributed by atoms with Crippen LogP contribution in [0.25, 0.3) is 21.8 Å². The Bertz CT molecular complexity index is 1240. The van der Waals surface area contributed by atoms with E-state index < -0.39 is 21.6 Å². The summed E-state index contributed by atoms with van der Waals surface area (Å²) in [6, 6.07) is 4.34. The monoisotopic (exact) mass is 418 g/mol. The van der Waals surface area contributed by atoms with Crippen LogP contribution in [0.5, 0.6) is 0 Å². The van der Waals surface area contributed by atoms with E-state index in [1.54, 1.807) is 6.92 Å². The van der Waals surface area contributed by atoms with Gasteiger partial charge in [-0.2, -0.15) is 0 Å². The molecule has 0 radical (unpaired) electrons. The number of pyridine rings is 1. The summed E-state index contributed by atoms with van der Waals surface area (Å²) in [6.07, 6.45) is 2.84. The van der Waals surface area contributed by atoms with Crippen LogP contribution in [0, 0.1) is 0 Å². The van der Waals surface area contributed by atoms with Gasteiger partial charge in [-0.1, -0.05) is 0 Å². The lowest BCUT2D eigenvalue weighted by atomic mass is 10.1. The van der Waals surface area contributed by atoms with Gasteiger partial charge in [0.2, 0.25) is 10.0 Å². The van der Waals surface area contributed by atoms with Crippen molar-refractivity contribution in [3.05, 3.63) is 40.3 Å². The third kappa shape index (κ3) is 3.66. The van der Waals surface area contributed by atoms with Crippen LogP contribution in [0.4, 0.5) is 0 Å². The predicted molar refractivity (Wildman–Crippen MR) is 109 cm³/mol. The van der Waals surface area contributed by atoms with Gasteiger partial charge in [0.1, 0.15) is 5.52 Å². The van der Waals surface area contributed by atoms with Crippen molar-refractivity contribution in [2.75, 3.05) is 19.7 Å². The molecule has 3 aromatic rings. The molecule has 0 saturated carbocycles.